The Kier molecular flexibility index (Phi) is 8.15. The second kappa shape index (κ2) is 10.8. The second-order valence-electron chi connectivity index (χ2n) is 6.81. The Balaban J connectivity index is 2.07. The zero-order valence-corrected chi connectivity index (χ0v) is 18.0. The number of ether oxygens (including phenoxy) is 2. The van der Waals surface area contributed by atoms with Gasteiger partial charge in [-0.25, -0.2) is 9.59 Å². The first-order valence-corrected chi connectivity index (χ1v) is 9.75. The number of anilines is 1. The predicted molar refractivity (Wildman–Crippen MR) is 115 cm³/mol. The summed E-state index contributed by atoms with van der Waals surface area (Å²) in [5.74, 6) is -2.16. The maximum Gasteiger partial charge on any atom is 0.349 e. The van der Waals surface area contributed by atoms with Crippen molar-refractivity contribution in [1.82, 2.24) is 4.57 Å². The third kappa shape index (κ3) is 5.82. The van der Waals surface area contributed by atoms with Crippen molar-refractivity contribution in [3.8, 4) is 6.07 Å². The molecule has 0 aliphatic heterocycles. The van der Waals surface area contributed by atoms with E-state index in [0.717, 1.165) is 29.9 Å². The van der Waals surface area contributed by atoms with E-state index in [2.05, 4.69) is 21.5 Å². The van der Waals surface area contributed by atoms with E-state index in [1.807, 2.05) is 26.0 Å². The number of aromatic nitrogens is 1. The van der Waals surface area contributed by atoms with Gasteiger partial charge in [-0.2, -0.15) is 5.26 Å². The summed E-state index contributed by atoms with van der Waals surface area (Å²) in [5, 5.41) is 11.9. The highest BCUT2D eigenvalue weighted by molar-refractivity contribution is 6.03. The number of aryl methyl sites for hydroxylation is 1. The number of hydrogen-bond donors (Lipinski definition) is 1. The van der Waals surface area contributed by atoms with Gasteiger partial charge in [0.15, 0.2) is 6.61 Å². The van der Waals surface area contributed by atoms with Crippen LogP contribution in [0.25, 0.3) is 6.08 Å². The number of nitrogens with one attached hydrogen (secondary N) is 1. The van der Waals surface area contributed by atoms with E-state index in [4.69, 9.17) is 4.74 Å². The number of benzene rings is 1. The molecule has 162 valence electrons. The summed E-state index contributed by atoms with van der Waals surface area (Å²) >= 11 is 0. The van der Waals surface area contributed by atoms with Crippen LogP contribution in [0.15, 0.2) is 35.9 Å². The first kappa shape index (κ1) is 23.4. The van der Waals surface area contributed by atoms with Crippen molar-refractivity contribution in [3.05, 3.63) is 58.4 Å². The number of methoxy groups -OCH3 is 1. The normalized spacial score (nSPS) is 10.9. The number of esters is 2. The van der Waals surface area contributed by atoms with Gasteiger partial charge >= 0.3 is 11.9 Å². The number of nitrogens with zero attached hydrogens (tertiary/aromatic N) is 2. The Hall–Kier alpha value is -3.86. The highest BCUT2D eigenvalue weighted by Gasteiger charge is 2.17. The van der Waals surface area contributed by atoms with Crippen LogP contribution in [-0.2, 0) is 25.6 Å². The van der Waals surface area contributed by atoms with Gasteiger partial charge in [0.25, 0.3) is 5.91 Å². The Bertz CT molecular complexity index is 1060. The van der Waals surface area contributed by atoms with Crippen LogP contribution < -0.4 is 5.32 Å². The van der Waals surface area contributed by atoms with Gasteiger partial charge in [0.05, 0.1) is 18.4 Å². The van der Waals surface area contributed by atoms with Gasteiger partial charge in [0.2, 0.25) is 0 Å². The Labute approximate surface area is 181 Å². The molecule has 1 aromatic carbocycles. The standard InChI is InChI=1S/C23H25N3O5/c1-5-10-26-15(2)11-17(16(26)3)12-18(13-24)22(28)31-14-21(27)25-20-9-7-6-8-19(20)23(29)30-4/h6-9,11-12H,5,10,14H2,1-4H3,(H,25,27)/b18-12+. The molecule has 0 radical (unpaired) electrons. The van der Waals surface area contributed by atoms with E-state index in [-0.39, 0.29) is 16.8 Å². The lowest BCUT2D eigenvalue weighted by Gasteiger charge is -2.10. The maximum absolute atomic E-state index is 12.3. The van der Waals surface area contributed by atoms with Crippen LogP contribution in [0, 0.1) is 25.2 Å². The van der Waals surface area contributed by atoms with E-state index in [0.29, 0.717) is 0 Å². The average molecular weight is 423 g/mol. The Morgan fingerprint density at radius 3 is 2.58 bits per heavy atom. The molecule has 1 aromatic heterocycles. The van der Waals surface area contributed by atoms with Crippen molar-refractivity contribution >= 4 is 29.6 Å². The summed E-state index contributed by atoms with van der Waals surface area (Å²) in [5.41, 5.74) is 2.91. The molecule has 8 heteroatoms. The predicted octanol–water partition coefficient (Wildman–Crippen LogP) is 3.39. The lowest BCUT2D eigenvalue weighted by Crippen LogP contribution is -2.22. The monoisotopic (exact) mass is 423 g/mol. The highest BCUT2D eigenvalue weighted by Crippen LogP contribution is 2.19. The smallest absolute Gasteiger partial charge is 0.349 e. The fourth-order valence-electron chi connectivity index (χ4n) is 3.11. The van der Waals surface area contributed by atoms with Gasteiger partial charge in [0, 0.05) is 17.9 Å². The summed E-state index contributed by atoms with van der Waals surface area (Å²) in [7, 11) is 1.23. The fourth-order valence-corrected chi connectivity index (χ4v) is 3.11. The van der Waals surface area contributed by atoms with Crippen LogP contribution >= 0.6 is 0 Å². The number of rotatable bonds is 8. The van der Waals surface area contributed by atoms with Crippen LogP contribution in [-0.4, -0.2) is 36.1 Å². The van der Waals surface area contributed by atoms with Gasteiger partial charge in [-0.1, -0.05) is 19.1 Å². The van der Waals surface area contributed by atoms with Crippen LogP contribution in [0.4, 0.5) is 5.69 Å². The number of carbonyl (C=O) groups excluding carboxylic acids is 3. The topological polar surface area (TPSA) is 110 Å². The number of carbonyl (C=O) groups is 3. The quantitative estimate of drug-likeness (QED) is 0.396. The second-order valence-corrected chi connectivity index (χ2v) is 6.81. The number of nitriles is 1. The summed E-state index contributed by atoms with van der Waals surface area (Å²) < 4.78 is 11.8. The summed E-state index contributed by atoms with van der Waals surface area (Å²) in [6.45, 7) is 6.18. The minimum Gasteiger partial charge on any atom is -0.465 e. The molecule has 2 aromatic rings. The summed E-state index contributed by atoms with van der Waals surface area (Å²) in [4.78, 5) is 36.3. The molecular weight excluding hydrogens is 398 g/mol. The van der Waals surface area contributed by atoms with Crippen molar-refractivity contribution < 1.29 is 23.9 Å². The van der Waals surface area contributed by atoms with Crippen LogP contribution in [0.2, 0.25) is 0 Å². The van der Waals surface area contributed by atoms with Crippen molar-refractivity contribution in [2.24, 2.45) is 0 Å². The zero-order chi connectivity index (χ0) is 23.0. The molecule has 0 saturated heterocycles. The van der Waals surface area contributed by atoms with E-state index in [1.54, 1.807) is 12.1 Å². The molecule has 1 N–H and O–H groups in total. The van der Waals surface area contributed by atoms with Crippen molar-refractivity contribution in [2.75, 3.05) is 19.0 Å². The number of hydrogen-bond acceptors (Lipinski definition) is 6. The van der Waals surface area contributed by atoms with E-state index in [9.17, 15) is 19.6 Å². The first-order chi connectivity index (χ1) is 14.8. The third-order valence-electron chi connectivity index (χ3n) is 4.64. The molecule has 0 unspecified atom stereocenters. The fraction of sp³-hybridized carbons (Fsp3) is 0.304. The van der Waals surface area contributed by atoms with Gasteiger partial charge in [-0.15, -0.1) is 0 Å². The maximum atomic E-state index is 12.3. The Morgan fingerprint density at radius 1 is 1.23 bits per heavy atom. The zero-order valence-electron chi connectivity index (χ0n) is 18.0. The SMILES string of the molecule is CCCn1c(C)cc(/C=C(\C#N)C(=O)OCC(=O)Nc2ccccc2C(=O)OC)c1C. The Morgan fingerprint density at radius 2 is 1.94 bits per heavy atom. The molecule has 0 bridgehead atoms. The number of amides is 1. The summed E-state index contributed by atoms with van der Waals surface area (Å²) in [6.07, 6.45) is 2.42. The lowest BCUT2D eigenvalue weighted by atomic mass is 10.1. The molecular formula is C23H25N3O5. The third-order valence-corrected chi connectivity index (χ3v) is 4.64. The van der Waals surface area contributed by atoms with Crippen molar-refractivity contribution in [1.29, 1.82) is 5.26 Å². The van der Waals surface area contributed by atoms with E-state index < -0.39 is 24.5 Å². The molecule has 1 heterocycles. The van der Waals surface area contributed by atoms with Gasteiger partial charge in [0.1, 0.15) is 11.6 Å². The van der Waals surface area contributed by atoms with Gasteiger partial charge < -0.3 is 19.4 Å². The minimum absolute atomic E-state index is 0.171. The molecule has 0 spiro atoms. The molecule has 2 rings (SSSR count). The molecule has 0 fully saturated rings. The van der Waals surface area contributed by atoms with Crippen LogP contribution in [0.5, 0.6) is 0 Å². The molecule has 1 amide bonds. The first-order valence-electron chi connectivity index (χ1n) is 9.75. The highest BCUT2D eigenvalue weighted by atomic mass is 16.5. The van der Waals surface area contributed by atoms with Crippen LogP contribution in [0.3, 0.4) is 0 Å². The van der Waals surface area contributed by atoms with E-state index in [1.165, 1.54) is 25.3 Å². The average Bonchev–Trinajstić information content (AvgIpc) is 3.03. The molecule has 8 nitrogen and oxygen atoms in total. The molecule has 0 aliphatic rings. The molecule has 31 heavy (non-hydrogen) atoms. The van der Waals surface area contributed by atoms with Crippen molar-refractivity contribution in [3.63, 3.8) is 0 Å². The largest absolute Gasteiger partial charge is 0.465 e. The number of para-hydroxylation sites is 1. The molecule has 0 saturated carbocycles. The van der Waals surface area contributed by atoms with Gasteiger partial charge in [-0.3, -0.25) is 4.79 Å². The van der Waals surface area contributed by atoms with Crippen LogP contribution in [0.1, 0.15) is 40.7 Å². The van der Waals surface area contributed by atoms with Gasteiger partial charge in [-0.05, 0) is 50.1 Å². The summed E-state index contributed by atoms with van der Waals surface area (Å²) in [6, 6.07) is 10.0. The molecule has 0 aliphatic carbocycles. The van der Waals surface area contributed by atoms with Crippen molar-refractivity contribution in [2.45, 2.75) is 33.7 Å². The minimum atomic E-state index is -0.904. The van der Waals surface area contributed by atoms with E-state index >= 15 is 0 Å². The molecule has 0 atom stereocenters. The lowest BCUT2D eigenvalue weighted by molar-refractivity contribution is -0.142.